The van der Waals surface area contributed by atoms with Crippen molar-refractivity contribution >= 4 is 32.8 Å². The minimum Gasteiger partial charge on any atom is -0.465 e. The zero-order chi connectivity index (χ0) is 14.4. The van der Waals surface area contributed by atoms with Crippen molar-refractivity contribution in [1.82, 2.24) is 0 Å². The lowest BCUT2D eigenvalue weighted by Gasteiger charge is -2.01. The van der Waals surface area contributed by atoms with Gasteiger partial charge in [-0.2, -0.15) is 8.42 Å². The van der Waals surface area contributed by atoms with Crippen LogP contribution in [-0.2, 0) is 10.3 Å². The molecule has 19 heavy (non-hydrogen) atoms. The van der Waals surface area contributed by atoms with Crippen LogP contribution in [0.15, 0.2) is 46.6 Å². The van der Waals surface area contributed by atoms with E-state index in [9.17, 15) is 8.42 Å². The van der Waals surface area contributed by atoms with Crippen molar-refractivity contribution < 1.29 is 18.3 Å². The lowest BCUT2D eigenvalue weighted by Crippen LogP contribution is -2.15. The molecule has 0 saturated heterocycles. The van der Waals surface area contributed by atoms with Gasteiger partial charge in [-0.3, -0.25) is 0 Å². The van der Waals surface area contributed by atoms with Gasteiger partial charge in [-0.1, -0.05) is 12.2 Å². The molecule has 1 aliphatic carbocycles. The number of amides is 1. The van der Waals surface area contributed by atoms with Crippen molar-refractivity contribution in [1.29, 1.82) is 0 Å². The van der Waals surface area contributed by atoms with Gasteiger partial charge >= 0.3 is 6.09 Å². The van der Waals surface area contributed by atoms with E-state index in [1.807, 2.05) is 0 Å². The van der Waals surface area contributed by atoms with Gasteiger partial charge in [-0.25, -0.2) is 14.8 Å². The summed E-state index contributed by atoms with van der Waals surface area (Å²) >= 11 is 0. The van der Waals surface area contributed by atoms with Crippen LogP contribution in [0.4, 0.5) is 4.79 Å². The first kappa shape index (κ1) is 14.6. The van der Waals surface area contributed by atoms with Crippen LogP contribution in [0.5, 0.6) is 0 Å². The number of nitrogens with zero attached hydrogens (tertiary/aromatic N) is 2. The standard InChI is InChI=1S/C10H8N2O2S.CH3NO2/c1-2-4-9-11-7-5-3-6-8(15(13)14)10(7)12-9;2-1(3)4/h2-3,5-6H,1,4H2;2H2,(H,3,4). The van der Waals surface area contributed by atoms with E-state index in [0.29, 0.717) is 23.7 Å². The average molecular weight is 281 g/mol. The number of amidine groups is 1. The van der Waals surface area contributed by atoms with Crippen LogP contribution < -0.4 is 5.73 Å². The van der Waals surface area contributed by atoms with Crippen LogP contribution in [-0.4, -0.2) is 36.0 Å². The Morgan fingerprint density at radius 1 is 1.47 bits per heavy atom. The first-order valence-electron chi connectivity index (χ1n) is 5.06. The van der Waals surface area contributed by atoms with E-state index in [-0.39, 0.29) is 4.86 Å². The number of carbonyl (C=O) groups is 1. The van der Waals surface area contributed by atoms with Crippen molar-refractivity contribution in [2.75, 3.05) is 0 Å². The number of allylic oxidation sites excluding steroid dienone is 4. The van der Waals surface area contributed by atoms with E-state index in [1.165, 1.54) is 6.08 Å². The Morgan fingerprint density at radius 2 is 2.11 bits per heavy atom. The van der Waals surface area contributed by atoms with Gasteiger partial charge < -0.3 is 10.8 Å². The fraction of sp³-hybridized carbons (Fsp3) is 0.0909. The number of nitrogens with two attached hydrogens (primary N) is 1. The Morgan fingerprint density at radius 3 is 2.63 bits per heavy atom. The Kier molecular flexibility index (Phi) is 4.95. The Bertz CT molecular complexity index is 654. The first-order valence-corrected chi connectivity index (χ1v) is 6.14. The second-order valence-corrected chi connectivity index (χ2v) is 4.24. The average Bonchev–Trinajstić information content (AvgIpc) is 2.70. The first-order chi connectivity index (χ1) is 8.95. The fourth-order valence-electron chi connectivity index (χ4n) is 1.36. The second-order valence-electron chi connectivity index (χ2n) is 3.33. The molecule has 0 atom stereocenters. The molecule has 0 spiro atoms. The molecular weight excluding hydrogens is 270 g/mol. The summed E-state index contributed by atoms with van der Waals surface area (Å²) in [6.07, 6.45) is 5.80. The van der Waals surface area contributed by atoms with Crippen molar-refractivity contribution in [3.8, 4) is 0 Å². The maximum Gasteiger partial charge on any atom is 0.402 e. The Labute approximate surface area is 110 Å². The minimum atomic E-state index is -2.27. The number of carboxylic acid groups (broad SMARTS) is 1. The molecule has 2 rings (SSSR count). The number of fused-ring (bicyclic) bond motifs is 1. The normalized spacial score (nSPS) is 15.4. The van der Waals surface area contributed by atoms with E-state index >= 15 is 0 Å². The number of hydrogen-bond acceptors (Lipinski definition) is 5. The topological polar surface area (TPSA) is 122 Å². The van der Waals surface area contributed by atoms with Gasteiger partial charge in [-0.15, -0.1) is 6.58 Å². The Balaban J connectivity index is 0.000000399. The van der Waals surface area contributed by atoms with Crippen molar-refractivity contribution in [3.05, 3.63) is 36.6 Å². The molecule has 0 fully saturated rings. The molecule has 1 aliphatic heterocycles. The maximum atomic E-state index is 10.9. The van der Waals surface area contributed by atoms with Gasteiger partial charge in [0.15, 0.2) is 0 Å². The van der Waals surface area contributed by atoms with E-state index < -0.39 is 16.4 Å². The third kappa shape index (κ3) is 4.03. The summed E-state index contributed by atoms with van der Waals surface area (Å²) < 4.78 is 21.8. The summed E-state index contributed by atoms with van der Waals surface area (Å²) in [5, 5.41) is 7.19. The zero-order valence-electron chi connectivity index (χ0n) is 9.78. The van der Waals surface area contributed by atoms with Crippen LogP contribution in [0.25, 0.3) is 0 Å². The van der Waals surface area contributed by atoms with E-state index in [2.05, 4.69) is 22.3 Å². The lowest BCUT2D eigenvalue weighted by molar-refractivity contribution is 0.205. The fourth-order valence-corrected chi connectivity index (χ4v) is 1.86. The predicted molar refractivity (Wildman–Crippen MR) is 73.0 cm³/mol. The van der Waals surface area contributed by atoms with Gasteiger partial charge in [0.25, 0.3) is 0 Å². The van der Waals surface area contributed by atoms with E-state index in [1.54, 1.807) is 18.2 Å². The predicted octanol–water partition coefficient (Wildman–Crippen LogP) is 0.544. The van der Waals surface area contributed by atoms with Crippen LogP contribution in [0.1, 0.15) is 6.42 Å². The third-order valence-electron chi connectivity index (χ3n) is 1.97. The summed E-state index contributed by atoms with van der Waals surface area (Å²) in [6.45, 7) is 3.58. The molecule has 0 radical (unpaired) electrons. The largest absolute Gasteiger partial charge is 0.465 e. The quantitative estimate of drug-likeness (QED) is 0.566. The smallest absolute Gasteiger partial charge is 0.402 e. The number of aliphatic imine (C=N–C) groups is 2. The molecule has 3 N–H and O–H groups in total. The summed E-state index contributed by atoms with van der Waals surface area (Å²) in [7, 11) is -2.27. The molecule has 0 bridgehead atoms. The van der Waals surface area contributed by atoms with Gasteiger partial charge in [0.05, 0.1) is 5.70 Å². The van der Waals surface area contributed by atoms with Crippen LogP contribution in [0.3, 0.4) is 0 Å². The van der Waals surface area contributed by atoms with Gasteiger partial charge in [-0.05, 0) is 12.2 Å². The maximum absolute atomic E-state index is 10.9. The minimum absolute atomic E-state index is 0.190. The number of hydrogen-bond donors (Lipinski definition) is 2. The molecule has 0 saturated carbocycles. The van der Waals surface area contributed by atoms with E-state index in [4.69, 9.17) is 9.90 Å². The van der Waals surface area contributed by atoms with Crippen molar-refractivity contribution in [2.45, 2.75) is 6.42 Å². The van der Waals surface area contributed by atoms with Crippen LogP contribution in [0, 0.1) is 0 Å². The van der Waals surface area contributed by atoms with E-state index in [0.717, 1.165) is 0 Å². The molecule has 0 aromatic carbocycles. The second kappa shape index (κ2) is 6.45. The van der Waals surface area contributed by atoms with Crippen molar-refractivity contribution in [2.24, 2.45) is 15.7 Å². The molecule has 0 unspecified atom stereocenters. The van der Waals surface area contributed by atoms with Crippen molar-refractivity contribution in [3.63, 3.8) is 0 Å². The molecule has 1 heterocycles. The van der Waals surface area contributed by atoms with Crippen LogP contribution >= 0.6 is 0 Å². The molecule has 7 nitrogen and oxygen atoms in total. The SMILES string of the molecule is C=CCC1=NC2=CC=CC(=S(=O)=O)C2=N1.NC(=O)O. The highest BCUT2D eigenvalue weighted by Crippen LogP contribution is 2.17. The molecular formula is C11H11N3O4S. The summed E-state index contributed by atoms with van der Waals surface area (Å²) in [5.41, 5.74) is 5.07. The molecule has 2 aliphatic rings. The summed E-state index contributed by atoms with van der Waals surface area (Å²) in [5.74, 6) is 0.595. The lowest BCUT2D eigenvalue weighted by atomic mass is 10.1. The van der Waals surface area contributed by atoms with Gasteiger partial charge in [0.2, 0.25) is 10.3 Å². The van der Waals surface area contributed by atoms with Gasteiger partial charge in [0, 0.05) is 6.42 Å². The third-order valence-corrected chi connectivity index (χ3v) is 2.66. The highest BCUT2D eigenvalue weighted by atomic mass is 32.2. The van der Waals surface area contributed by atoms with Gasteiger partial charge in [0.1, 0.15) is 16.4 Å². The Hall–Kier alpha value is -2.48. The highest BCUT2D eigenvalue weighted by Gasteiger charge is 2.21. The molecule has 100 valence electrons. The summed E-state index contributed by atoms with van der Waals surface area (Å²) in [4.78, 5) is 17.3. The monoisotopic (exact) mass is 281 g/mol. The molecule has 8 heteroatoms. The molecule has 1 amide bonds. The molecule has 0 aromatic rings. The molecule has 0 aromatic heterocycles. The summed E-state index contributed by atoms with van der Waals surface area (Å²) in [6, 6.07) is 0. The zero-order valence-corrected chi connectivity index (χ0v) is 10.6. The van der Waals surface area contributed by atoms with Crippen LogP contribution in [0.2, 0.25) is 0 Å². The number of rotatable bonds is 2. The highest BCUT2D eigenvalue weighted by molar-refractivity contribution is 7.75. The number of primary amides is 1.